The maximum absolute atomic E-state index is 13.5. The van der Waals surface area contributed by atoms with Crippen molar-refractivity contribution < 1.29 is 9.18 Å². The lowest BCUT2D eigenvalue weighted by molar-refractivity contribution is 0.0672. The highest BCUT2D eigenvalue weighted by Gasteiger charge is 2.26. The Hall–Kier alpha value is -3.94. The van der Waals surface area contributed by atoms with Crippen molar-refractivity contribution in [3.63, 3.8) is 0 Å². The van der Waals surface area contributed by atoms with Gasteiger partial charge in [0.1, 0.15) is 11.5 Å². The van der Waals surface area contributed by atoms with Crippen molar-refractivity contribution in [2.24, 2.45) is 5.92 Å². The Kier molecular flexibility index (Phi) is 6.61. The predicted octanol–water partition coefficient (Wildman–Crippen LogP) is 4.39. The number of halogens is 1. The van der Waals surface area contributed by atoms with Crippen LogP contribution in [0.3, 0.4) is 0 Å². The van der Waals surface area contributed by atoms with Gasteiger partial charge in [-0.25, -0.2) is 14.4 Å². The summed E-state index contributed by atoms with van der Waals surface area (Å²) in [6.45, 7) is 3.34. The Morgan fingerprint density at radius 1 is 1.11 bits per heavy atom. The van der Waals surface area contributed by atoms with Crippen molar-refractivity contribution in [1.29, 1.82) is 0 Å². The Bertz CT molecular complexity index is 1340. The topological polar surface area (TPSA) is 87.7 Å². The molecule has 1 N–H and O–H groups in total. The molecule has 0 spiro atoms. The van der Waals surface area contributed by atoms with Crippen LogP contribution in [0, 0.1) is 18.7 Å². The van der Waals surface area contributed by atoms with Gasteiger partial charge in [0.25, 0.3) is 5.91 Å². The number of likely N-dealkylation sites (tertiary alicyclic amines) is 1. The lowest BCUT2D eigenvalue weighted by atomic mass is 9.92. The summed E-state index contributed by atoms with van der Waals surface area (Å²) in [5.74, 6) is 0.728. The highest BCUT2D eigenvalue weighted by atomic mass is 19.1. The molecule has 5 rings (SSSR count). The zero-order valence-electron chi connectivity index (χ0n) is 19.6. The molecule has 0 saturated carbocycles. The largest absolute Gasteiger partial charge is 0.341 e. The molecule has 178 valence electrons. The Labute approximate surface area is 203 Å². The van der Waals surface area contributed by atoms with E-state index in [0.717, 1.165) is 60.0 Å². The average molecular weight is 471 g/mol. The SMILES string of the molecule is Cc1cnc(-c2nccnc2CC2CCCN(C(=O)c3ccnc(Cc4cccc(F)c4)c3)C2)[nH]1. The normalized spacial score (nSPS) is 15.8. The fourth-order valence-corrected chi connectivity index (χ4v) is 4.68. The second-order valence-corrected chi connectivity index (χ2v) is 9.07. The molecule has 1 amide bonds. The Morgan fingerprint density at radius 2 is 2.00 bits per heavy atom. The molecule has 1 unspecified atom stereocenters. The number of pyridine rings is 1. The van der Waals surface area contributed by atoms with E-state index in [1.807, 2.05) is 24.0 Å². The minimum Gasteiger partial charge on any atom is -0.341 e. The van der Waals surface area contributed by atoms with E-state index in [2.05, 4.69) is 24.9 Å². The molecule has 4 aromatic rings. The minimum absolute atomic E-state index is 0.00128. The van der Waals surface area contributed by atoms with Crippen molar-refractivity contribution in [2.45, 2.75) is 32.6 Å². The highest BCUT2D eigenvalue weighted by molar-refractivity contribution is 5.94. The third-order valence-electron chi connectivity index (χ3n) is 6.33. The number of benzene rings is 1. The number of nitrogens with zero attached hydrogens (tertiary/aromatic N) is 5. The van der Waals surface area contributed by atoms with E-state index in [4.69, 9.17) is 0 Å². The number of H-pyrrole nitrogens is 1. The first-order chi connectivity index (χ1) is 17.0. The van der Waals surface area contributed by atoms with E-state index in [0.29, 0.717) is 18.5 Å². The van der Waals surface area contributed by atoms with Crippen molar-refractivity contribution in [3.05, 3.63) is 95.2 Å². The lowest BCUT2D eigenvalue weighted by Gasteiger charge is -2.33. The van der Waals surface area contributed by atoms with Gasteiger partial charge in [0.05, 0.1) is 5.69 Å². The molecule has 0 radical (unpaired) electrons. The predicted molar refractivity (Wildman–Crippen MR) is 130 cm³/mol. The van der Waals surface area contributed by atoms with Crippen LogP contribution in [0.1, 0.15) is 45.8 Å². The van der Waals surface area contributed by atoms with Gasteiger partial charge in [0.15, 0.2) is 5.82 Å². The summed E-state index contributed by atoms with van der Waals surface area (Å²) in [7, 11) is 0. The van der Waals surface area contributed by atoms with Gasteiger partial charge in [-0.3, -0.25) is 14.8 Å². The van der Waals surface area contributed by atoms with Gasteiger partial charge in [0, 0.05) is 61.2 Å². The molecule has 1 saturated heterocycles. The zero-order valence-corrected chi connectivity index (χ0v) is 19.6. The fraction of sp³-hybridized carbons (Fsp3) is 0.296. The molecular formula is C27H27FN6O. The third kappa shape index (κ3) is 5.42. The number of aromatic amines is 1. The average Bonchev–Trinajstić information content (AvgIpc) is 3.30. The summed E-state index contributed by atoms with van der Waals surface area (Å²) in [6, 6.07) is 10.0. The number of piperidine rings is 1. The molecule has 1 atom stereocenters. The van der Waals surface area contributed by atoms with Crippen LogP contribution in [0.2, 0.25) is 0 Å². The van der Waals surface area contributed by atoms with Gasteiger partial charge in [0.2, 0.25) is 0 Å². The smallest absolute Gasteiger partial charge is 0.253 e. The zero-order chi connectivity index (χ0) is 24.2. The maximum Gasteiger partial charge on any atom is 0.253 e. The van der Waals surface area contributed by atoms with Crippen molar-refractivity contribution in [2.75, 3.05) is 13.1 Å². The van der Waals surface area contributed by atoms with Crippen LogP contribution in [0.25, 0.3) is 11.5 Å². The van der Waals surface area contributed by atoms with Gasteiger partial charge in [-0.05, 0) is 61.9 Å². The molecule has 7 nitrogen and oxygen atoms in total. The van der Waals surface area contributed by atoms with Crippen LogP contribution in [0.5, 0.6) is 0 Å². The standard InChI is InChI=1S/C27H27FN6O/c1-18-16-32-26(33-18)25-24(30-9-10-31-25)14-20-5-3-11-34(17-20)27(35)21-7-8-29-23(15-21)13-19-4-2-6-22(28)12-19/h2,4,6-10,12,15-16,20H,3,5,11,13-14,17H2,1H3,(H,32,33). The first-order valence-corrected chi connectivity index (χ1v) is 11.9. The Balaban J connectivity index is 1.28. The van der Waals surface area contributed by atoms with Crippen LogP contribution < -0.4 is 0 Å². The summed E-state index contributed by atoms with van der Waals surface area (Å²) in [5, 5.41) is 0. The molecule has 1 aliphatic heterocycles. The van der Waals surface area contributed by atoms with Crippen molar-refractivity contribution >= 4 is 5.91 Å². The fourth-order valence-electron chi connectivity index (χ4n) is 4.68. The second-order valence-electron chi connectivity index (χ2n) is 9.07. The van der Waals surface area contributed by atoms with E-state index in [1.165, 1.54) is 12.1 Å². The van der Waals surface area contributed by atoms with Gasteiger partial charge >= 0.3 is 0 Å². The lowest BCUT2D eigenvalue weighted by Crippen LogP contribution is -2.40. The molecule has 8 heteroatoms. The second kappa shape index (κ2) is 10.1. The molecule has 0 aliphatic carbocycles. The van der Waals surface area contributed by atoms with Crippen molar-refractivity contribution in [1.82, 2.24) is 29.8 Å². The molecule has 1 aliphatic rings. The van der Waals surface area contributed by atoms with Crippen molar-refractivity contribution in [3.8, 4) is 11.5 Å². The summed E-state index contributed by atoms with van der Waals surface area (Å²) in [6.07, 6.45) is 9.99. The molecule has 4 heterocycles. The van der Waals surface area contributed by atoms with Crippen LogP contribution in [-0.2, 0) is 12.8 Å². The number of amides is 1. The number of nitrogens with one attached hydrogen (secondary N) is 1. The number of hydrogen-bond acceptors (Lipinski definition) is 5. The van der Waals surface area contributed by atoms with Crippen LogP contribution in [-0.4, -0.2) is 48.8 Å². The monoisotopic (exact) mass is 470 g/mol. The molecule has 1 aromatic carbocycles. The quantitative estimate of drug-likeness (QED) is 0.451. The number of carbonyl (C=O) groups is 1. The third-order valence-corrected chi connectivity index (χ3v) is 6.33. The maximum atomic E-state index is 13.5. The Morgan fingerprint density at radius 3 is 2.83 bits per heavy atom. The number of rotatable bonds is 6. The molecule has 35 heavy (non-hydrogen) atoms. The van der Waals surface area contributed by atoms with E-state index in [9.17, 15) is 9.18 Å². The van der Waals surface area contributed by atoms with Crippen LogP contribution in [0.4, 0.5) is 4.39 Å². The number of hydrogen-bond donors (Lipinski definition) is 1. The van der Waals surface area contributed by atoms with E-state index in [-0.39, 0.29) is 17.6 Å². The van der Waals surface area contributed by atoms with E-state index >= 15 is 0 Å². The highest BCUT2D eigenvalue weighted by Crippen LogP contribution is 2.25. The molecule has 1 fully saturated rings. The van der Waals surface area contributed by atoms with Gasteiger partial charge < -0.3 is 9.88 Å². The number of aromatic nitrogens is 5. The summed E-state index contributed by atoms with van der Waals surface area (Å²) in [5.41, 5.74) is 4.81. The van der Waals surface area contributed by atoms with Crippen LogP contribution in [0.15, 0.2) is 61.2 Å². The molecular weight excluding hydrogens is 443 g/mol. The summed E-state index contributed by atoms with van der Waals surface area (Å²) in [4.78, 5) is 36.4. The number of imidazole rings is 1. The van der Waals surface area contributed by atoms with Gasteiger partial charge in [-0.15, -0.1) is 0 Å². The van der Waals surface area contributed by atoms with Gasteiger partial charge in [-0.1, -0.05) is 12.1 Å². The summed E-state index contributed by atoms with van der Waals surface area (Å²) >= 11 is 0. The van der Waals surface area contributed by atoms with E-state index in [1.54, 1.807) is 36.9 Å². The first-order valence-electron chi connectivity index (χ1n) is 11.9. The first kappa shape index (κ1) is 22.8. The van der Waals surface area contributed by atoms with Gasteiger partial charge in [-0.2, -0.15) is 0 Å². The summed E-state index contributed by atoms with van der Waals surface area (Å²) < 4.78 is 13.5. The minimum atomic E-state index is -0.275. The number of aryl methyl sites for hydroxylation is 1. The van der Waals surface area contributed by atoms with E-state index < -0.39 is 0 Å². The molecule has 0 bridgehead atoms. The number of carbonyl (C=O) groups excluding carboxylic acids is 1. The van der Waals surface area contributed by atoms with Crippen LogP contribution >= 0.6 is 0 Å². The molecule has 3 aromatic heterocycles.